The minimum atomic E-state index is -0.133. The van der Waals surface area contributed by atoms with Crippen molar-refractivity contribution >= 4 is 53.9 Å². The summed E-state index contributed by atoms with van der Waals surface area (Å²) in [5.41, 5.74) is 10.6. The normalized spacial score (nSPS) is 13.7. The fourth-order valence-corrected chi connectivity index (χ4v) is 8.45. The van der Waals surface area contributed by atoms with Crippen LogP contribution in [0.15, 0.2) is 146 Å². The van der Waals surface area contributed by atoms with Crippen molar-refractivity contribution in [3.8, 4) is 33.4 Å². The molecule has 1 aliphatic rings. The Morgan fingerprint density at radius 2 is 0.933 bits per heavy atom. The monoisotopic (exact) mass is 570 g/mol. The number of hydrogen-bond acceptors (Lipinski definition) is 0. The highest BCUT2D eigenvalue weighted by Gasteiger charge is 2.37. The minimum Gasteiger partial charge on any atom is -0.0616 e. The molecule has 9 aromatic rings. The van der Waals surface area contributed by atoms with Gasteiger partial charge in [0.25, 0.3) is 0 Å². The van der Waals surface area contributed by atoms with E-state index in [9.17, 15) is 0 Å². The molecule has 0 bridgehead atoms. The Balaban J connectivity index is 1.15. The van der Waals surface area contributed by atoms with Crippen molar-refractivity contribution < 1.29 is 0 Å². The van der Waals surface area contributed by atoms with Crippen LogP contribution >= 0.6 is 0 Å². The van der Waals surface area contributed by atoms with Crippen molar-refractivity contribution in [2.45, 2.75) is 19.3 Å². The van der Waals surface area contributed by atoms with Gasteiger partial charge in [-0.15, -0.1) is 0 Å². The van der Waals surface area contributed by atoms with E-state index in [1.165, 1.54) is 98.4 Å². The SMILES string of the molecule is CC1(C)c2cc(-c3ccc4ccc5cccc6ccc3c4c56)ccc2-c2ccc3c(-c4ccc5ccccc5c4)cccc3c21. The molecule has 210 valence electrons. The quantitative estimate of drug-likeness (QED) is 0.181. The van der Waals surface area contributed by atoms with Crippen LogP contribution in [-0.2, 0) is 5.41 Å². The van der Waals surface area contributed by atoms with E-state index in [1.54, 1.807) is 0 Å². The minimum absolute atomic E-state index is 0.133. The second kappa shape index (κ2) is 8.80. The van der Waals surface area contributed by atoms with Crippen LogP contribution in [0.5, 0.6) is 0 Å². The molecule has 0 atom stereocenters. The van der Waals surface area contributed by atoms with Gasteiger partial charge in [-0.2, -0.15) is 0 Å². The molecule has 1 aliphatic carbocycles. The lowest BCUT2D eigenvalue weighted by Gasteiger charge is -2.24. The molecule has 0 nitrogen and oxygen atoms in total. The van der Waals surface area contributed by atoms with Gasteiger partial charge in [0, 0.05) is 5.41 Å². The number of fused-ring (bicyclic) bond motifs is 6. The smallest absolute Gasteiger partial charge is 0.0165 e. The maximum atomic E-state index is 2.47. The first-order valence-electron chi connectivity index (χ1n) is 15.9. The molecular weight excluding hydrogens is 540 g/mol. The number of benzene rings is 9. The van der Waals surface area contributed by atoms with Crippen LogP contribution in [0.2, 0.25) is 0 Å². The third-order valence-corrected chi connectivity index (χ3v) is 10.6. The number of hydrogen-bond donors (Lipinski definition) is 0. The molecule has 0 N–H and O–H groups in total. The van der Waals surface area contributed by atoms with Crippen molar-refractivity contribution in [3.63, 3.8) is 0 Å². The highest BCUT2D eigenvalue weighted by Crippen LogP contribution is 2.53. The Labute approximate surface area is 262 Å². The average molecular weight is 571 g/mol. The van der Waals surface area contributed by atoms with Gasteiger partial charge in [-0.1, -0.05) is 147 Å². The third kappa shape index (κ3) is 3.37. The summed E-state index contributed by atoms with van der Waals surface area (Å²) in [5, 5.41) is 13.2. The molecule has 0 amide bonds. The molecule has 0 radical (unpaired) electrons. The second-order valence-corrected chi connectivity index (χ2v) is 13.3. The summed E-state index contributed by atoms with van der Waals surface area (Å²) in [6, 6.07) is 54.6. The lowest BCUT2D eigenvalue weighted by atomic mass is 9.78. The molecule has 0 fully saturated rings. The van der Waals surface area contributed by atoms with E-state index in [4.69, 9.17) is 0 Å². The van der Waals surface area contributed by atoms with Gasteiger partial charge in [0.1, 0.15) is 0 Å². The summed E-state index contributed by atoms with van der Waals surface area (Å²) >= 11 is 0. The lowest BCUT2D eigenvalue weighted by Crippen LogP contribution is -2.15. The zero-order valence-electron chi connectivity index (χ0n) is 25.4. The van der Waals surface area contributed by atoms with Crippen LogP contribution in [-0.4, -0.2) is 0 Å². The van der Waals surface area contributed by atoms with Gasteiger partial charge < -0.3 is 0 Å². The molecule has 10 rings (SSSR count). The predicted octanol–water partition coefficient (Wildman–Crippen LogP) is 12.5. The molecule has 45 heavy (non-hydrogen) atoms. The maximum Gasteiger partial charge on any atom is 0.0165 e. The Morgan fingerprint density at radius 1 is 0.356 bits per heavy atom. The zero-order chi connectivity index (χ0) is 29.9. The van der Waals surface area contributed by atoms with Crippen molar-refractivity contribution in [2.24, 2.45) is 0 Å². The molecule has 9 aromatic carbocycles. The van der Waals surface area contributed by atoms with Crippen molar-refractivity contribution in [1.82, 2.24) is 0 Å². The largest absolute Gasteiger partial charge is 0.0616 e. The Bertz CT molecular complexity index is 2650. The van der Waals surface area contributed by atoms with Crippen LogP contribution in [0.1, 0.15) is 25.0 Å². The van der Waals surface area contributed by atoms with E-state index in [0.717, 1.165) is 0 Å². The van der Waals surface area contributed by atoms with E-state index < -0.39 is 0 Å². The fraction of sp³-hybridized carbons (Fsp3) is 0.0667. The summed E-state index contributed by atoms with van der Waals surface area (Å²) in [6.07, 6.45) is 0. The average Bonchev–Trinajstić information content (AvgIpc) is 3.32. The summed E-state index contributed by atoms with van der Waals surface area (Å²) < 4.78 is 0. The van der Waals surface area contributed by atoms with Crippen molar-refractivity contribution in [3.05, 3.63) is 157 Å². The first-order chi connectivity index (χ1) is 22.1. The standard InChI is InChI=1S/C45H30/c1-45(2)41-26-33(35-20-17-30-15-14-28-9-5-10-29-18-22-38(35)43(30)42(28)29)19-21-37(41)40-24-23-36-34(11-6-12-39(36)44(40)45)32-16-13-27-7-3-4-8-31(27)25-32/h3-26H,1-2H3. The van der Waals surface area contributed by atoms with Gasteiger partial charge in [-0.3, -0.25) is 0 Å². The van der Waals surface area contributed by atoms with Gasteiger partial charge in [0.05, 0.1) is 0 Å². The van der Waals surface area contributed by atoms with Gasteiger partial charge >= 0.3 is 0 Å². The zero-order valence-corrected chi connectivity index (χ0v) is 25.4. The Morgan fingerprint density at radius 3 is 1.80 bits per heavy atom. The molecule has 0 heterocycles. The van der Waals surface area contributed by atoms with Gasteiger partial charge in [-0.25, -0.2) is 0 Å². The van der Waals surface area contributed by atoms with E-state index in [2.05, 4.69) is 159 Å². The van der Waals surface area contributed by atoms with E-state index >= 15 is 0 Å². The van der Waals surface area contributed by atoms with Gasteiger partial charge in [0.15, 0.2) is 0 Å². The number of rotatable bonds is 2. The molecule has 0 aromatic heterocycles. The van der Waals surface area contributed by atoms with Crippen LogP contribution in [0.4, 0.5) is 0 Å². The van der Waals surface area contributed by atoms with Crippen LogP contribution in [0.3, 0.4) is 0 Å². The molecule has 0 spiro atoms. The fourth-order valence-electron chi connectivity index (χ4n) is 8.45. The summed E-state index contributed by atoms with van der Waals surface area (Å²) in [7, 11) is 0. The lowest BCUT2D eigenvalue weighted by molar-refractivity contribution is 0.666. The second-order valence-electron chi connectivity index (χ2n) is 13.3. The van der Waals surface area contributed by atoms with Crippen molar-refractivity contribution in [2.75, 3.05) is 0 Å². The third-order valence-electron chi connectivity index (χ3n) is 10.6. The summed E-state index contributed by atoms with van der Waals surface area (Å²) in [6.45, 7) is 4.82. The first kappa shape index (κ1) is 24.9. The Hall–Kier alpha value is -5.46. The van der Waals surface area contributed by atoms with Crippen LogP contribution in [0, 0.1) is 0 Å². The van der Waals surface area contributed by atoms with Gasteiger partial charge in [-0.05, 0) is 111 Å². The van der Waals surface area contributed by atoms with E-state index in [0.29, 0.717) is 0 Å². The van der Waals surface area contributed by atoms with Crippen LogP contribution in [0.25, 0.3) is 87.2 Å². The molecule has 0 saturated carbocycles. The van der Waals surface area contributed by atoms with Crippen LogP contribution < -0.4 is 0 Å². The topological polar surface area (TPSA) is 0 Å². The predicted molar refractivity (Wildman–Crippen MR) is 194 cm³/mol. The van der Waals surface area contributed by atoms with Crippen molar-refractivity contribution in [1.29, 1.82) is 0 Å². The molecule has 0 heteroatoms. The van der Waals surface area contributed by atoms with E-state index in [-0.39, 0.29) is 5.41 Å². The molecule has 0 unspecified atom stereocenters. The molecule has 0 aliphatic heterocycles. The van der Waals surface area contributed by atoms with E-state index in [1.807, 2.05) is 0 Å². The summed E-state index contributed by atoms with van der Waals surface area (Å²) in [4.78, 5) is 0. The molecular formula is C45H30. The Kier molecular flexibility index (Phi) is 4.88. The molecule has 0 saturated heterocycles. The first-order valence-corrected chi connectivity index (χ1v) is 15.9. The highest BCUT2D eigenvalue weighted by molar-refractivity contribution is 6.25. The highest BCUT2D eigenvalue weighted by atomic mass is 14.4. The summed E-state index contributed by atoms with van der Waals surface area (Å²) in [5.74, 6) is 0. The van der Waals surface area contributed by atoms with Gasteiger partial charge in [0.2, 0.25) is 0 Å². The maximum absolute atomic E-state index is 2.47.